The van der Waals surface area contributed by atoms with E-state index in [9.17, 15) is 9.59 Å². The Balaban J connectivity index is 0.00000240. The number of carbonyl (C=O) groups is 2. The van der Waals surface area contributed by atoms with Crippen LogP contribution in [0.4, 0.5) is 0 Å². The van der Waals surface area contributed by atoms with Crippen molar-refractivity contribution in [1.29, 1.82) is 0 Å². The number of hydrogen-bond acceptors (Lipinski definition) is 3. The molecule has 166 valence electrons. The van der Waals surface area contributed by atoms with E-state index >= 15 is 0 Å². The van der Waals surface area contributed by atoms with Crippen LogP contribution in [0.25, 0.3) is 0 Å². The molecule has 2 aliphatic heterocycles. The normalized spacial score (nSPS) is 33.3. The zero-order valence-electron chi connectivity index (χ0n) is 17.9. The lowest BCUT2D eigenvalue weighted by molar-refractivity contribution is -0.136. The predicted molar refractivity (Wildman–Crippen MR) is 118 cm³/mol. The Bertz CT molecular complexity index is 530. The number of halogens is 1. The summed E-state index contributed by atoms with van der Waals surface area (Å²) in [6.07, 6.45) is 13.2. The van der Waals surface area contributed by atoms with E-state index in [-0.39, 0.29) is 30.3 Å². The fourth-order valence-corrected chi connectivity index (χ4v) is 6.12. The molecule has 4 rings (SSSR count). The topological polar surface area (TPSA) is 61.4 Å². The zero-order valence-corrected chi connectivity index (χ0v) is 18.7. The van der Waals surface area contributed by atoms with Crippen LogP contribution in [0.3, 0.4) is 0 Å². The van der Waals surface area contributed by atoms with Crippen LogP contribution in [0.1, 0.15) is 77.0 Å². The van der Waals surface area contributed by atoms with Crippen molar-refractivity contribution in [3.05, 3.63) is 0 Å². The monoisotopic (exact) mass is 425 g/mol. The third-order valence-electron chi connectivity index (χ3n) is 7.97. The average molecular weight is 426 g/mol. The van der Waals surface area contributed by atoms with Crippen molar-refractivity contribution in [3.63, 3.8) is 0 Å². The lowest BCUT2D eigenvalue weighted by Gasteiger charge is -2.32. The summed E-state index contributed by atoms with van der Waals surface area (Å²) in [6, 6.07) is 0.287. The molecule has 2 atom stereocenters. The van der Waals surface area contributed by atoms with Gasteiger partial charge in [0.05, 0.1) is 0 Å². The number of fused-ring (bicyclic) bond motifs is 1. The predicted octanol–water partition coefficient (Wildman–Crippen LogP) is 3.51. The van der Waals surface area contributed by atoms with Gasteiger partial charge in [-0.25, -0.2) is 0 Å². The van der Waals surface area contributed by atoms with Crippen LogP contribution in [-0.4, -0.2) is 48.9 Å². The fraction of sp³-hybridized carbons (Fsp3) is 0.913. The maximum absolute atomic E-state index is 13.0. The molecule has 0 bridgehead atoms. The molecule has 2 aliphatic carbocycles. The van der Waals surface area contributed by atoms with Crippen molar-refractivity contribution in [2.24, 2.45) is 23.7 Å². The van der Waals surface area contributed by atoms with Gasteiger partial charge in [-0.1, -0.05) is 19.3 Å². The second-order valence-corrected chi connectivity index (χ2v) is 9.91. The summed E-state index contributed by atoms with van der Waals surface area (Å²) in [6.45, 7) is 4.16. The maximum atomic E-state index is 13.0. The van der Waals surface area contributed by atoms with E-state index in [4.69, 9.17) is 0 Å². The summed E-state index contributed by atoms with van der Waals surface area (Å²) in [5, 5.41) is 6.78. The van der Waals surface area contributed by atoms with Gasteiger partial charge in [0.1, 0.15) is 0 Å². The summed E-state index contributed by atoms with van der Waals surface area (Å²) in [4.78, 5) is 27.6. The van der Waals surface area contributed by atoms with Gasteiger partial charge >= 0.3 is 0 Å². The lowest BCUT2D eigenvalue weighted by Crippen LogP contribution is -2.43. The second kappa shape index (κ2) is 11.0. The van der Waals surface area contributed by atoms with Gasteiger partial charge in [-0.3, -0.25) is 9.59 Å². The molecular weight excluding hydrogens is 386 g/mol. The van der Waals surface area contributed by atoms with Crippen molar-refractivity contribution >= 4 is 24.2 Å². The van der Waals surface area contributed by atoms with Gasteiger partial charge in [-0.15, -0.1) is 12.4 Å². The molecule has 4 fully saturated rings. The van der Waals surface area contributed by atoms with Crippen molar-refractivity contribution in [2.75, 3.05) is 26.2 Å². The molecule has 0 aromatic heterocycles. The Morgan fingerprint density at radius 2 is 1.45 bits per heavy atom. The highest BCUT2D eigenvalue weighted by atomic mass is 35.5. The number of nitrogens with zero attached hydrogens (tertiary/aromatic N) is 1. The largest absolute Gasteiger partial charge is 0.353 e. The fourth-order valence-electron chi connectivity index (χ4n) is 6.12. The first-order valence-corrected chi connectivity index (χ1v) is 12.0. The number of amides is 2. The quantitative estimate of drug-likeness (QED) is 0.724. The van der Waals surface area contributed by atoms with E-state index in [1.165, 1.54) is 32.1 Å². The third-order valence-corrected chi connectivity index (χ3v) is 7.97. The van der Waals surface area contributed by atoms with E-state index in [2.05, 4.69) is 15.5 Å². The summed E-state index contributed by atoms with van der Waals surface area (Å²) in [7, 11) is 0. The highest BCUT2D eigenvalue weighted by molar-refractivity contribution is 5.85. The molecule has 29 heavy (non-hydrogen) atoms. The number of likely N-dealkylation sites (tertiary alicyclic amines) is 1. The molecule has 2 saturated carbocycles. The minimum atomic E-state index is 0. The number of rotatable bonds is 4. The Morgan fingerprint density at radius 3 is 2.07 bits per heavy atom. The van der Waals surface area contributed by atoms with Crippen LogP contribution in [0.2, 0.25) is 0 Å². The van der Waals surface area contributed by atoms with Gasteiger partial charge < -0.3 is 15.5 Å². The van der Waals surface area contributed by atoms with Crippen LogP contribution in [0.5, 0.6) is 0 Å². The maximum Gasteiger partial charge on any atom is 0.225 e. The molecule has 0 spiro atoms. The highest BCUT2D eigenvalue weighted by Crippen LogP contribution is 2.31. The van der Waals surface area contributed by atoms with Crippen molar-refractivity contribution in [2.45, 2.75) is 83.1 Å². The third kappa shape index (κ3) is 6.10. The average Bonchev–Trinajstić information content (AvgIpc) is 3.07. The minimum Gasteiger partial charge on any atom is -0.353 e. The van der Waals surface area contributed by atoms with E-state index in [1.54, 1.807) is 0 Å². The summed E-state index contributed by atoms with van der Waals surface area (Å²) in [5.74, 6) is 2.96. The van der Waals surface area contributed by atoms with Gasteiger partial charge in [-0.2, -0.15) is 0 Å². The Morgan fingerprint density at radius 1 is 0.828 bits per heavy atom. The summed E-state index contributed by atoms with van der Waals surface area (Å²) in [5.41, 5.74) is 0. The van der Waals surface area contributed by atoms with Crippen molar-refractivity contribution in [1.82, 2.24) is 15.5 Å². The van der Waals surface area contributed by atoms with E-state index in [0.29, 0.717) is 18.2 Å². The molecule has 2 N–H and O–H groups in total. The molecule has 6 heteroatoms. The summed E-state index contributed by atoms with van der Waals surface area (Å²) >= 11 is 0. The van der Waals surface area contributed by atoms with Crippen LogP contribution in [-0.2, 0) is 9.59 Å². The molecule has 2 saturated heterocycles. The lowest BCUT2D eigenvalue weighted by atomic mass is 9.84. The van der Waals surface area contributed by atoms with Gasteiger partial charge in [-0.05, 0) is 82.2 Å². The first-order valence-electron chi connectivity index (χ1n) is 12.0. The number of hydrogen-bond donors (Lipinski definition) is 2. The minimum absolute atomic E-state index is 0. The summed E-state index contributed by atoms with van der Waals surface area (Å²) < 4.78 is 0. The smallest absolute Gasteiger partial charge is 0.225 e. The Labute approximate surface area is 182 Å². The van der Waals surface area contributed by atoms with E-state index < -0.39 is 0 Å². The van der Waals surface area contributed by atoms with E-state index in [1.807, 2.05) is 0 Å². The van der Waals surface area contributed by atoms with Crippen LogP contribution < -0.4 is 10.6 Å². The first-order chi connectivity index (χ1) is 13.7. The SMILES string of the molecule is Cl.O=C(CC1CCCCC1)NC1CCC(C(=O)N2CC[C@@H]3CNC[C@@H]3CC2)CC1. The number of carbonyl (C=O) groups excluding carboxylic acids is 2. The van der Waals surface area contributed by atoms with Gasteiger partial charge in [0.2, 0.25) is 11.8 Å². The van der Waals surface area contributed by atoms with Crippen molar-refractivity contribution in [3.8, 4) is 0 Å². The Kier molecular flexibility index (Phi) is 8.67. The van der Waals surface area contributed by atoms with Crippen molar-refractivity contribution < 1.29 is 9.59 Å². The molecule has 0 aromatic rings. The Hall–Kier alpha value is -0.810. The highest BCUT2D eigenvalue weighted by Gasteiger charge is 2.35. The zero-order chi connectivity index (χ0) is 19.3. The molecule has 5 nitrogen and oxygen atoms in total. The number of nitrogens with one attached hydrogen (secondary N) is 2. The molecule has 4 aliphatic rings. The molecular formula is C23H40ClN3O2. The van der Waals surface area contributed by atoms with Crippen LogP contribution in [0, 0.1) is 23.7 Å². The molecule has 0 unspecified atom stereocenters. The van der Waals surface area contributed by atoms with Gasteiger partial charge in [0.15, 0.2) is 0 Å². The molecule has 2 heterocycles. The first kappa shape index (κ1) is 22.9. The molecule has 0 aromatic carbocycles. The van der Waals surface area contributed by atoms with E-state index in [0.717, 1.165) is 76.5 Å². The van der Waals surface area contributed by atoms with Crippen LogP contribution >= 0.6 is 12.4 Å². The van der Waals surface area contributed by atoms with Gasteiger partial charge in [0.25, 0.3) is 0 Å². The standard InChI is InChI=1S/C23H39N3O2.ClH/c27-22(14-17-4-2-1-3-5-17)25-21-8-6-18(7-9-21)23(28)26-12-10-19-15-24-16-20(19)11-13-26;/h17-21,24H,1-16H2,(H,25,27);1H/t18?,19-,20+,21?;. The molecule has 0 radical (unpaired) electrons. The van der Waals surface area contributed by atoms with Gasteiger partial charge in [0, 0.05) is 31.5 Å². The molecule has 2 amide bonds. The second-order valence-electron chi connectivity index (χ2n) is 9.91. The van der Waals surface area contributed by atoms with Crippen LogP contribution in [0.15, 0.2) is 0 Å².